The molecule has 4 rings (SSSR count). The number of amides is 1. The Bertz CT molecular complexity index is 1290. The first kappa shape index (κ1) is 33.7. The van der Waals surface area contributed by atoms with Gasteiger partial charge in [-0.3, -0.25) is 10.1 Å². The van der Waals surface area contributed by atoms with Gasteiger partial charge in [-0.2, -0.15) is 26.3 Å². The smallest absolute Gasteiger partial charge is 0.430 e. The number of hydrogen-bond acceptors (Lipinski definition) is 7. The fourth-order valence-electron chi connectivity index (χ4n) is 5.38. The number of alkyl halides is 6. The molecule has 14 heteroatoms. The molecule has 244 valence electrons. The van der Waals surface area contributed by atoms with E-state index in [1.54, 1.807) is 39.0 Å². The predicted molar refractivity (Wildman–Crippen MR) is 146 cm³/mol. The second kappa shape index (κ2) is 13.0. The van der Waals surface area contributed by atoms with Crippen LogP contribution in [0.4, 0.5) is 26.3 Å². The van der Waals surface area contributed by atoms with Crippen LogP contribution in [0.15, 0.2) is 30.3 Å². The molecule has 1 atom stereocenters. The van der Waals surface area contributed by atoms with Crippen molar-refractivity contribution < 1.29 is 55.2 Å². The van der Waals surface area contributed by atoms with E-state index < -0.39 is 29.1 Å². The molecule has 0 aliphatic carbocycles. The molecule has 2 N–H and O–H groups in total. The van der Waals surface area contributed by atoms with E-state index in [1.165, 1.54) is 4.90 Å². The zero-order valence-corrected chi connectivity index (χ0v) is 24.7. The van der Waals surface area contributed by atoms with Gasteiger partial charge in [0.25, 0.3) is 5.60 Å². The quantitative estimate of drug-likeness (QED) is 0.243. The van der Waals surface area contributed by atoms with Gasteiger partial charge in [0.15, 0.2) is 11.5 Å². The topological polar surface area (TPSA) is 89.5 Å². The Labute approximate surface area is 251 Å². The third kappa shape index (κ3) is 6.43. The van der Waals surface area contributed by atoms with Gasteiger partial charge in [0.05, 0.1) is 13.3 Å². The summed E-state index contributed by atoms with van der Waals surface area (Å²) in [5, 5.41) is 13.2. The summed E-state index contributed by atoms with van der Waals surface area (Å²) in [5.41, 5.74) is -6.56. The molecule has 0 spiro atoms. The number of nitrogens with zero attached hydrogens (tertiary/aromatic N) is 1. The first-order chi connectivity index (χ1) is 20.7. The molecule has 2 aromatic carbocycles. The van der Waals surface area contributed by atoms with Crippen LogP contribution < -0.4 is 19.5 Å². The summed E-state index contributed by atoms with van der Waals surface area (Å²) >= 11 is 0. The summed E-state index contributed by atoms with van der Waals surface area (Å²) in [6.45, 7) is 5.58. The number of aryl methyl sites for hydroxylation is 2. The normalized spacial score (nSPS) is 19.3. The van der Waals surface area contributed by atoms with E-state index in [-0.39, 0.29) is 69.0 Å². The van der Waals surface area contributed by atoms with Gasteiger partial charge in [0.1, 0.15) is 18.0 Å². The minimum absolute atomic E-state index is 0.00366. The Morgan fingerprint density at radius 3 is 2.18 bits per heavy atom. The minimum atomic E-state index is -5.99. The lowest BCUT2D eigenvalue weighted by molar-refractivity contribution is -0.376. The molecule has 2 aliphatic rings. The van der Waals surface area contributed by atoms with E-state index in [0.717, 1.165) is 12.1 Å². The largest absolute Gasteiger partial charge is 0.493 e. The van der Waals surface area contributed by atoms with Gasteiger partial charge < -0.3 is 29.0 Å². The van der Waals surface area contributed by atoms with Crippen molar-refractivity contribution in [3.8, 4) is 17.2 Å². The highest BCUT2D eigenvalue weighted by atomic mass is 19.4. The number of benzene rings is 2. The number of ether oxygens (including phenoxy) is 4. The number of carbonyl (C=O) groups is 1. The van der Waals surface area contributed by atoms with Crippen molar-refractivity contribution in [1.29, 1.82) is 0 Å². The summed E-state index contributed by atoms with van der Waals surface area (Å²) in [4.78, 5) is 15.2. The number of rotatable bonds is 11. The van der Waals surface area contributed by atoms with Crippen LogP contribution in [-0.2, 0) is 33.5 Å². The Kier molecular flexibility index (Phi) is 9.96. The summed E-state index contributed by atoms with van der Waals surface area (Å²) < 4.78 is 104. The van der Waals surface area contributed by atoms with Crippen molar-refractivity contribution >= 4 is 5.91 Å². The van der Waals surface area contributed by atoms with Crippen LogP contribution in [0.2, 0.25) is 0 Å². The van der Waals surface area contributed by atoms with Crippen molar-refractivity contribution in [2.45, 2.75) is 76.4 Å². The standard InChI is InChI=1S/C30H36F6N2O6/c1-4-7-19-13-22(28(40,29(31,32)33)30(34,35)36)14-20(8-5-2)25(19)42-12-6-11-38-17-41-16-37-27(3,26(38)39)21-9-10-23-24(15-21)44-18-43-23/h9-10,13-15,37,40H,4-8,11-12,16-18H2,1-3H3. The highest BCUT2D eigenvalue weighted by Crippen LogP contribution is 2.51. The van der Waals surface area contributed by atoms with Gasteiger partial charge >= 0.3 is 12.4 Å². The SMILES string of the molecule is CCCc1cc(C(O)(C(F)(F)F)C(F)(F)F)cc(CCC)c1OCCCN1COCNC(C)(c2ccc3c(c2)OCO3)C1=O. The molecule has 2 aliphatic heterocycles. The summed E-state index contributed by atoms with van der Waals surface area (Å²) in [5.74, 6) is 1.01. The number of halogens is 6. The maximum Gasteiger partial charge on any atom is 0.430 e. The lowest BCUT2D eigenvalue weighted by Crippen LogP contribution is -2.54. The first-order valence-electron chi connectivity index (χ1n) is 14.3. The monoisotopic (exact) mass is 634 g/mol. The van der Waals surface area contributed by atoms with Gasteiger partial charge in [-0.05, 0) is 67.1 Å². The lowest BCUT2D eigenvalue weighted by Gasteiger charge is -2.34. The van der Waals surface area contributed by atoms with Crippen molar-refractivity contribution in [3.05, 3.63) is 52.6 Å². The van der Waals surface area contributed by atoms with Crippen LogP contribution >= 0.6 is 0 Å². The van der Waals surface area contributed by atoms with Crippen LogP contribution in [0.3, 0.4) is 0 Å². The fraction of sp³-hybridized carbons (Fsp3) is 0.567. The molecule has 0 saturated carbocycles. The number of hydrogen-bond donors (Lipinski definition) is 2. The fourth-order valence-corrected chi connectivity index (χ4v) is 5.38. The third-order valence-electron chi connectivity index (χ3n) is 7.78. The highest BCUT2D eigenvalue weighted by molar-refractivity contribution is 5.87. The molecule has 1 amide bonds. The molecule has 1 unspecified atom stereocenters. The molecule has 2 aromatic rings. The second-order valence-corrected chi connectivity index (χ2v) is 10.9. The Morgan fingerprint density at radius 2 is 1.59 bits per heavy atom. The molecule has 0 bridgehead atoms. The Morgan fingerprint density at radius 1 is 0.977 bits per heavy atom. The molecule has 1 saturated heterocycles. The molecule has 8 nitrogen and oxygen atoms in total. The van der Waals surface area contributed by atoms with Crippen molar-refractivity contribution in [1.82, 2.24) is 10.2 Å². The first-order valence-corrected chi connectivity index (χ1v) is 14.3. The molecular formula is C30H36F6N2O6. The van der Waals surface area contributed by atoms with Gasteiger partial charge in [-0.25, -0.2) is 0 Å². The van der Waals surface area contributed by atoms with E-state index in [9.17, 15) is 36.2 Å². The van der Waals surface area contributed by atoms with Crippen LogP contribution in [0.1, 0.15) is 62.3 Å². The average Bonchev–Trinajstić information content (AvgIpc) is 3.38. The zero-order chi connectivity index (χ0) is 32.3. The van der Waals surface area contributed by atoms with Crippen LogP contribution in [0.5, 0.6) is 17.2 Å². The van der Waals surface area contributed by atoms with E-state index in [0.29, 0.717) is 36.3 Å². The Balaban J connectivity index is 1.53. The summed E-state index contributed by atoms with van der Waals surface area (Å²) in [6.07, 6.45) is -10.6. The molecular weight excluding hydrogens is 598 g/mol. The van der Waals surface area contributed by atoms with Crippen LogP contribution in [0.25, 0.3) is 0 Å². The molecule has 0 aromatic heterocycles. The average molecular weight is 635 g/mol. The van der Waals surface area contributed by atoms with Gasteiger partial charge in [0, 0.05) is 12.1 Å². The van der Waals surface area contributed by atoms with Crippen molar-refractivity contribution in [2.24, 2.45) is 0 Å². The van der Waals surface area contributed by atoms with Gasteiger partial charge in [-0.1, -0.05) is 32.8 Å². The van der Waals surface area contributed by atoms with E-state index >= 15 is 0 Å². The summed E-state index contributed by atoms with van der Waals surface area (Å²) in [7, 11) is 0. The van der Waals surface area contributed by atoms with E-state index in [1.807, 2.05) is 0 Å². The Hall–Kier alpha value is -3.23. The van der Waals surface area contributed by atoms with E-state index in [2.05, 4.69) is 5.32 Å². The molecule has 1 fully saturated rings. The molecule has 0 radical (unpaired) electrons. The van der Waals surface area contributed by atoms with Crippen molar-refractivity contribution in [2.75, 3.05) is 33.4 Å². The third-order valence-corrected chi connectivity index (χ3v) is 7.78. The minimum Gasteiger partial charge on any atom is -0.493 e. The maximum atomic E-state index is 13.7. The predicted octanol–water partition coefficient (Wildman–Crippen LogP) is 5.68. The zero-order valence-electron chi connectivity index (χ0n) is 24.7. The van der Waals surface area contributed by atoms with Gasteiger partial charge in [-0.15, -0.1) is 0 Å². The molecule has 44 heavy (non-hydrogen) atoms. The number of fused-ring (bicyclic) bond motifs is 1. The number of aliphatic hydroxyl groups is 1. The van der Waals surface area contributed by atoms with Gasteiger partial charge in [0.2, 0.25) is 12.7 Å². The van der Waals surface area contributed by atoms with Crippen LogP contribution in [-0.4, -0.2) is 61.7 Å². The maximum absolute atomic E-state index is 13.7. The second-order valence-electron chi connectivity index (χ2n) is 10.9. The highest BCUT2D eigenvalue weighted by Gasteiger charge is 2.71. The summed E-state index contributed by atoms with van der Waals surface area (Å²) in [6, 6.07) is 6.67. The van der Waals surface area contributed by atoms with Crippen LogP contribution in [0, 0.1) is 0 Å². The molecule has 2 heterocycles. The number of nitrogens with one attached hydrogen (secondary N) is 1. The number of carbonyl (C=O) groups excluding carboxylic acids is 1. The van der Waals surface area contributed by atoms with E-state index in [4.69, 9.17) is 18.9 Å². The van der Waals surface area contributed by atoms with Crippen molar-refractivity contribution in [3.63, 3.8) is 0 Å². The lowest BCUT2D eigenvalue weighted by atomic mass is 9.87.